The van der Waals surface area contributed by atoms with Crippen LogP contribution in [0.2, 0.25) is 0 Å². The standard InChI is InChI=1S/C24H27F3N6O/c1-15-6-8-19(22(17(15)3)33-30-10-11-31-33)23(34)32-12-4-5-16(2)20(32)14-29-21-9-7-18(13-28-21)24(25,26)27/h6-11,13,16,20H,4-5,12,14H2,1-3H3,(H,28,29). The molecule has 1 saturated heterocycles. The first-order valence-electron chi connectivity index (χ1n) is 11.2. The molecule has 1 fully saturated rings. The molecule has 34 heavy (non-hydrogen) atoms. The smallest absolute Gasteiger partial charge is 0.368 e. The van der Waals surface area contributed by atoms with E-state index in [1.807, 2.05) is 30.9 Å². The summed E-state index contributed by atoms with van der Waals surface area (Å²) in [5.74, 6) is 0.428. The molecule has 4 rings (SSSR count). The van der Waals surface area contributed by atoms with Crippen LogP contribution >= 0.6 is 0 Å². The molecule has 1 N–H and O–H groups in total. The number of anilines is 1. The quantitative estimate of drug-likeness (QED) is 0.585. The number of alkyl halides is 3. The second-order valence-corrected chi connectivity index (χ2v) is 8.72. The Morgan fingerprint density at radius 2 is 1.88 bits per heavy atom. The molecule has 0 spiro atoms. The van der Waals surface area contributed by atoms with Crippen LogP contribution < -0.4 is 5.32 Å². The summed E-state index contributed by atoms with van der Waals surface area (Å²) in [5.41, 5.74) is 2.34. The molecule has 1 aliphatic rings. The largest absolute Gasteiger partial charge is 0.417 e. The number of amides is 1. The third-order valence-corrected chi connectivity index (χ3v) is 6.51. The maximum absolute atomic E-state index is 13.8. The molecule has 2 aromatic heterocycles. The Morgan fingerprint density at radius 3 is 2.53 bits per heavy atom. The normalized spacial score (nSPS) is 18.7. The maximum Gasteiger partial charge on any atom is 0.417 e. The number of benzene rings is 1. The van der Waals surface area contributed by atoms with E-state index < -0.39 is 11.7 Å². The third-order valence-electron chi connectivity index (χ3n) is 6.51. The number of nitrogens with one attached hydrogen (secondary N) is 1. The van der Waals surface area contributed by atoms with Gasteiger partial charge in [0.25, 0.3) is 5.91 Å². The number of carbonyl (C=O) groups is 1. The summed E-state index contributed by atoms with van der Waals surface area (Å²) < 4.78 is 38.5. The van der Waals surface area contributed by atoms with Crippen molar-refractivity contribution >= 4 is 11.7 Å². The fourth-order valence-corrected chi connectivity index (χ4v) is 4.41. The van der Waals surface area contributed by atoms with Gasteiger partial charge in [0, 0.05) is 19.3 Å². The van der Waals surface area contributed by atoms with Crippen molar-refractivity contribution in [1.82, 2.24) is 24.9 Å². The van der Waals surface area contributed by atoms with Gasteiger partial charge in [-0.05, 0) is 61.9 Å². The average molecular weight is 473 g/mol. The van der Waals surface area contributed by atoms with Crippen LogP contribution in [0.5, 0.6) is 0 Å². The SMILES string of the molecule is Cc1ccc(C(=O)N2CCCC(C)C2CNc2ccc(C(F)(F)F)cn2)c(-n2nccn2)c1C. The Kier molecular flexibility index (Phi) is 6.58. The van der Waals surface area contributed by atoms with Gasteiger partial charge in [-0.2, -0.15) is 28.2 Å². The van der Waals surface area contributed by atoms with Crippen LogP contribution in [0.15, 0.2) is 42.9 Å². The molecule has 0 radical (unpaired) electrons. The first kappa shape index (κ1) is 23.7. The topological polar surface area (TPSA) is 75.9 Å². The van der Waals surface area contributed by atoms with E-state index in [1.54, 1.807) is 12.4 Å². The van der Waals surface area contributed by atoms with E-state index in [2.05, 4.69) is 27.4 Å². The molecule has 3 heterocycles. The van der Waals surface area contributed by atoms with Gasteiger partial charge >= 0.3 is 6.18 Å². The summed E-state index contributed by atoms with van der Waals surface area (Å²) in [4.78, 5) is 21.0. The number of likely N-dealkylation sites (tertiary alicyclic amines) is 1. The lowest BCUT2D eigenvalue weighted by molar-refractivity contribution is -0.137. The zero-order valence-corrected chi connectivity index (χ0v) is 19.3. The second kappa shape index (κ2) is 9.44. The fourth-order valence-electron chi connectivity index (χ4n) is 4.41. The van der Waals surface area contributed by atoms with Crippen LogP contribution in [0.1, 0.15) is 46.8 Å². The minimum absolute atomic E-state index is 0.117. The summed E-state index contributed by atoms with van der Waals surface area (Å²) in [6.45, 7) is 6.98. The number of hydrogen-bond acceptors (Lipinski definition) is 5. The van der Waals surface area contributed by atoms with Crippen molar-refractivity contribution in [2.24, 2.45) is 5.92 Å². The number of halogens is 3. The molecule has 0 aliphatic carbocycles. The highest BCUT2D eigenvalue weighted by atomic mass is 19.4. The van der Waals surface area contributed by atoms with Gasteiger partial charge in [-0.3, -0.25) is 4.79 Å². The molecule has 0 saturated carbocycles. The summed E-state index contributed by atoms with van der Waals surface area (Å²) >= 11 is 0. The molecule has 2 unspecified atom stereocenters. The van der Waals surface area contributed by atoms with Crippen LogP contribution in [0, 0.1) is 19.8 Å². The highest BCUT2D eigenvalue weighted by molar-refractivity contribution is 5.98. The highest BCUT2D eigenvalue weighted by Gasteiger charge is 2.34. The zero-order chi connectivity index (χ0) is 24.5. The van der Waals surface area contributed by atoms with Gasteiger partial charge in [0.15, 0.2) is 0 Å². The number of rotatable bonds is 5. The molecule has 180 valence electrons. The first-order valence-corrected chi connectivity index (χ1v) is 11.2. The van der Waals surface area contributed by atoms with Crippen molar-refractivity contribution < 1.29 is 18.0 Å². The number of pyridine rings is 1. The van der Waals surface area contributed by atoms with Gasteiger partial charge in [0.05, 0.1) is 29.6 Å². The zero-order valence-electron chi connectivity index (χ0n) is 19.3. The summed E-state index contributed by atoms with van der Waals surface area (Å²) in [6, 6.07) is 5.90. The van der Waals surface area contributed by atoms with Crippen molar-refractivity contribution in [2.45, 2.75) is 45.8 Å². The Bertz CT molecular complexity index is 1140. The van der Waals surface area contributed by atoms with Crippen LogP contribution in [-0.2, 0) is 6.18 Å². The Labute approximate surface area is 196 Å². The van der Waals surface area contributed by atoms with E-state index in [0.29, 0.717) is 30.2 Å². The highest BCUT2D eigenvalue weighted by Crippen LogP contribution is 2.30. The molecule has 1 aliphatic heterocycles. The number of aryl methyl sites for hydroxylation is 1. The van der Waals surface area contributed by atoms with Gasteiger partial charge in [0.1, 0.15) is 11.5 Å². The molecule has 2 atom stereocenters. The molecule has 3 aromatic rings. The molecule has 1 aromatic carbocycles. The maximum atomic E-state index is 13.8. The third kappa shape index (κ3) is 4.76. The van der Waals surface area contributed by atoms with E-state index in [1.165, 1.54) is 10.9 Å². The minimum atomic E-state index is -4.43. The lowest BCUT2D eigenvalue weighted by atomic mass is 9.89. The lowest BCUT2D eigenvalue weighted by Gasteiger charge is -2.40. The summed E-state index contributed by atoms with van der Waals surface area (Å²) in [7, 11) is 0. The van der Waals surface area contributed by atoms with E-state index in [4.69, 9.17) is 0 Å². The second-order valence-electron chi connectivity index (χ2n) is 8.72. The van der Waals surface area contributed by atoms with E-state index in [9.17, 15) is 18.0 Å². The molecule has 1 amide bonds. The van der Waals surface area contributed by atoms with Gasteiger partial charge in [-0.15, -0.1) is 0 Å². The Hall–Kier alpha value is -3.43. The van der Waals surface area contributed by atoms with Crippen molar-refractivity contribution in [2.75, 3.05) is 18.4 Å². The van der Waals surface area contributed by atoms with Gasteiger partial charge in [-0.25, -0.2) is 4.98 Å². The van der Waals surface area contributed by atoms with Crippen LogP contribution in [0.25, 0.3) is 5.69 Å². The molecular weight excluding hydrogens is 445 g/mol. The van der Waals surface area contributed by atoms with Gasteiger partial charge in [0.2, 0.25) is 0 Å². The van der Waals surface area contributed by atoms with E-state index in [-0.39, 0.29) is 17.9 Å². The monoisotopic (exact) mass is 472 g/mol. The number of piperidine rings is 1. The number of carbonyl (C=O) groups excluding carboxylic acids is 1. The summed E-state index contributed by atoms with van der Waals surface area (Å²) in [5, 5.41) is 11.6. The fraction of sp³-hybridized carbons (Fsp3) is 0.417. The average Bonchev–Trinajstić information content (AvgIpc) is 3.33. The van der Waals surface area contributed by atoms with Crippen molar-refractivity contribution in [3.05, 3.63) is 65.1 Å². The Balaban J connectivity index is 1.58. The number of aromatic nitrogens is 4. The van der Waals surface area contributed by atoms with Crippen LogP contribution in [0.3, 0.4) is 0 Å². The lowest BCUT2D eigenvalue weighted by Crippen LogP contribution is -2.51. The van der Waals surface area contributed by atoms with Gasteiger partial charge < -0.3 is 10.2 Å². The molecule has 7 nitrogen and oxygen atoms in total. The first-order chi connectivity index (χ1) is 16.2. The van der Waals surface area contributed by atoms with Crippen molar-refractivity contribution in [1.29, 1.82) is 0 Å². The van der Waals surface area contributed by atoms with Crippen molar-refractivity contribution in [3.8, 4) is 5.69 Å². The van der Waals surface area contributed by atoms with Crippen LogP contribution in [-0.4, -0.2) is 49.9 Å². The predicted molar refractivity (Wildman–Crippen MR) is 122 cm³/mol. The number of nitrogens with zero attached hydrogens (tertiary/aromatic N) is 5. The predicted octanol–water partition coefficient (Wildman–Crippen LogP) is 4.65. The summed E-state index contributed by atoms with van der Waals surface area (Å²) in [6.07, 6.45) is 1.36. The van der Waals surface area contributed by atoms with Gasteiger partial charge in [-0.1, -0.05) is 13.0 Å². The minimum Gasteiger partial charge on any atom is -0.368 e. The van der Waals surface area contributed by atoms with E-state index >= 15 is 0 Å². The van der Waals surface area contributed by atoms with E-state index in [0.717, 1.165) is 36.2 Å². The van der Waals surface area contributed by atoms with Crippen LogP contribution in [0.4, 0.5) is 19.0 Å². The number of hydrogen-bond donors (Lipinski definition) is 1. The molecule has 10 heteroatoms. The molecule has 0 bridgehead atoms. The van der Waals surface area contributed by atoms with Crippen molar-refractivity contribution in [3.63, 3.8) is 0 Å². The Morgan fingerprint density at radius 1 is 1.15 bits per heavy atom. The molecular formula is C24H27F3N6O.